The average molecular weight is 305 g/mol. The van der Waals surface area contributed by atoms with Crippen molar-refractivity contribution >= 4 is 15.7 Å². The molecule has 0 radical (unpaired) electrons. The van der Waals surface area contributed by atoms with Gasteiger partial charge in [-0.2, -0.15) is 0 Å². The Kier molecular flexibility index (Phi) is 3.95. The molecule has 0 aliphatic rings. The zero-order valence-corrected chi connectivity index (χ0v) is 12.4. The summed E-state index contributed by atoms with van der Waals surface area (Å²) < 4.78 is 28.6. The second-order valence-electron chi connectivity index (χ2n) is 4.60. The first kappa shape index (κ1) is 15.0. The van der Waals surface area contributed by atoms with Crippen LogP contribution in [0.25, 0.3) is 0 Å². The van der Waals surface area contributed by atoms with E-state index >= 15 is 0 Å². The summed E-state index contributed by atoms with van der Waals surface area (Å²) in [6.45, 7) is 1.76. The van der Waals surface area contributed by atoms with E-state index in [1.54, 1.807) is 25.1 Å². The molecule has 110 valence electrons. The fourth-order valence-corrected chi connectivity index (χ4v) is 2.39. The number of ether oxygens (including phenoxy) is 1. The molecule has 1 aromatic heterocycles. The van der Waals surface area contributed by atoms with Gasteiger partial charge in [-0.3, -0.25) is 5.41 Å². The molecular formula is C14H15N3O3S. The third kappa shape index (κ3) is 3.79. The van der Waals surface area contributed by atoms with Gasteiger partial charge in [0.05, 0.1) is 4.90 Å². The van der Waals surface area contributed by atoms with Crippen molar-refractivity contribution in [3.63, 3.8) is 0 Å². The molecule has 0 fully saturated rings. The van der Waals surface area contributed by atoms with Gasteiger partial charge in [-0.05, 0) is 31.2 Å². The highest BCUT2D eigenvalue weighted by molar-refractivity contribution is 7.90. The van der Waals surface area contributed by atoms with Crippen LogP contribution in [-0.2, 0) is 9.84 Å². The van der Waals surface area contributed by atoms with E-state index in [1.807, 2.05) is 0 Å². The number of hydrogen-bond donors (Lipinski definition) is 2. The number of rotatable bonds is 4. The maximum Gasteiger partial charge on any atom is 0.220 e. The molecule has 0 spiro atoms. The van der Waals surface area contributed by atoms with Crippen LogP contribution in [-0.4, -0.2) is 25.5 Å². The van der Waals surface area contributed by atoms with Gasteiger partial charge >= 0.3 is 0 Å². The highest BCUT2D eigenvalue weighted by atomic mass is 32.2. The number of aromatic nitrogens is 1. The Morgan fingerprint density at radius 1 is 1.29 bits per heavy atom. The van der Waals surface area contributed by atoms with E-state index in [0.717, 1.165) is 6.26 Å². The van der Waals surface area contributed by atoms with Crippen LogP contribution in [0.1, 0.15) is 11.3 Å². The third-order valence-corrected chi connectivity index (χ3v) is 3.81. The van der Waals surface area contributed by atoms with Crippen LogP contribution in [0, 0.1) is 12.3 Å². The van der Waals surface area contributed by atoms with Gasteiger partial charge < -0.3 is 10.5 Å². The van der Waals surface area contributed by atoms with E-state index in [4.69, 9.17) is 15.9 Å². The van der Waals surface area contributed by atoms with E-state index in [-0.39, 0.29) is 16.6 Å². The molecule has 0 saturated heterocycles. The van der Waals surface area contributed by atoms with Gasteiger partial charge in [0.15, 0.2) is 9.84 Å². The minimum Gasteiger partial charge on any atom is -0.439 e. The summed E-state index contributed by atoms with van der Waals surface area (Å²) in [4.78, 5) is 4.35. The molecule has 0 aliphatic heterocycles. The molecule has 0 aliphatic carbocycles. The molecule has 2 rings (SSSR count). The molecular weight excluding hydrogens is 290 g/mol. The number of sulfone groups is 1. The lowest BCUT2D eigenvalue weighted by Gasteiger charge is -2.08. The molecule has 7 heteroatoms. The Labute approximate surface area is 123 Å². The quantitative estimate of drug-likeness (QED) is 0.662. The van der Waals surface area contributed by atoms with Crippen molar-refractivity contribution in [3.05, 3.63) is 47.7 Å². The maximum atomic E-state index is 11.5. The van der Waals surface area contributed by atoms with E-state index in [2.05, 4.69) is 4.98 Å². The van der Waals surface area contributed by atoms with E-state index in [0.29, 0.717) is 17.0 Å². The number of nitrogen functional groups attached to an aromatic ring is 1. The van der Waals surface area contributed by atoms with Crippen LogP contribution in [0.4, 0.5) is 0 Å². The first-order chi connectivity index (χ1) is 9.75. The molecule has 0 unspecified atom stereocenters. The van der Waals surface area contributed by atoms with Gasteiger partial charge in [0, 0.05) is 23.6 Å². The number of nitrogens with zero attached hydrogens (tertiary/aromatic N) is 1. The van der Waals surface area contributed by atoms with Gasteiger partial charge in [-0.15, -0.1) is 0 Å². The summed E-state index contributed by atoms with van der Waals surface area (Å²) in [5.74, 6) is 0.520. The van der Waals surface area contributed by atoms with Gasteiger partial charge in [-0.1, -0.05) is 6.07 Å². The Bertz CT molecular complexity index is 801. The number of benzene rings is 1. The van der Waals surface area contributed by atoms with E-state index < -0.39 is 9.84 Å². The Balaban J connectivity index is 2.37. The fourth-order valence-electron chi connectivity index (χ4n) is 1.73. The molecule has 2 aromatic rings. The van der Waals surface area contributed by atoms with Gasteiger partial charge in [0.1, 0.15) is 11.6 Å². The number of hydrogen-bond acceptors (Lipinski definition) is 5. The molecule has 0 amide bonds. The van der Waals surface area contributed by atoms with Crippen molar-refractivity contribution in [2.45, 2.75) is 11.8 Å². The smallest absolute Gasteiger partial charge is 0.220 e. The molecule has 3 N–H and O–H groups in total. The van der Waals surface area contributed by atoms with Crippen molar-refractivity contribution in [1.82, 2.24) is 4.98 Å². The lowest BCUT2D eigenvalue weighted by atomic mass is 10.2. The average Bonchev–Trinajstić information content (AvgIpc) is 2.37. The SMILES string of the molecule is Cc1cc(C(=N)N)cc(Oc2cccc(S(C)(=O)=O)c2)n1. The highest BCUT2D eigenvalue weighted by Gasteiger charge is 2.10. The van der Waals surface area contributed by atoms with Crippen molar-refractivity contribution in [1.29, 1.82) is 5.41 Å². The van der Waals surface area contributed by atoms with Gasteiger partial charge in [0.25, 0.3) is 0 Å². The zero-order valence-electron chi connectivity index (χ0n) is 11.6. The second kappa shape index (κ2) is 5.53. The molecule has 21 heavy (non-hydrogen) atoms. The van der Waals surface area contributed by atoms with Crippen molar-refractivity contribution < 1.29 is 13.2 Å². The van der Waals surface area contributed by atoms with Crippen molar-refractivity contribution in [2.75, 3.05) is 6.26 Å². The molecule has 1 aromatic carbocycles. The van der Waals surface area contributed by atoms with Crippen LogP contribution in [0.5, 0.6) is 11.6 Å². The van der Waals surface area contributed by atoms with Crippen molar-refractivity contribution in [3.8, 4) is 11.6 Å². The minimum atomic E-state index is -3.30. The lowest BCUT2D eigenvalue weighted by Crippen LogP contribution is -2.11. The zero-order chi connectivity index (χ0) is 15.6. The lowest BCUT2D eigenvalue weighted by molar-refractivity contribution is 0.460. The predicted molar refractivity (Wildman–Crippen MR) is 79.6 cm³/mol. The summed E-state index contributed by atoms with van der Waals surface area (Å²) in [5.41, 5.74) is 6.59. The fraction of sp³-hybridized carbons (Fsp3) is 0.143. The first-order valence-corrected chi connectivity index (χ1v) is 7.96. The number of pyridine rings is 1. The molecule has 0 saturated carbocycles. The molecule has 0 bridgehead atoms. The normalized spacial score (nSPS) is 11.1. The number of nitrogens with two attached hydrogens (primary N) is 1. The summed E-state index contributed by atoms with van der Waals surface area (Å²) >= 11 is 0. The Morgan fingerprint density at radius 3 is 2.62 bits per heavy atom. The summed E-state index contributed by atoms with van der Waals surface area (Å²) in [7, 11) is -3.30. The van der Waals surface area contributed by atoms with Crippen LogP contribution in [0.3, 0.4) is 0 Å². The van der Waals surface area contributed by atoms with Crippen LogP contribution < -0.4 is 10.5 Å². The summed E-state index contributed by atoms with van der Waals surface area (Å²) in [6.07, 6.45) is 1.13. The van der Waals surface area contributed by atoms with Crippen LogP contribution >= 0.6 is 0 Å². The predicted octanol–water partition coefficient (Wildman–Crippen LogP) is 1.87. The molecule has 6 nitrogen and oxygen atoms in total. The standard InChI is InChI=1S/C14H15N3O3S/c1-9-6-10(14(15)16)7-13(17-9)20-11-4-3-5-12(8-11)21(2,18)19/h3-8H,1-2H3,(H3,15,16). The highest BCUT2D eigenvalue weighted by Crippen LogP contribution is 2.23. The third-order valence-electron chi connectivity index (χ3n) is 2.70. The molecule has 0 atom stereocenters. The van der Waals surface area contributed by atoms with Gasteiger partial charge in [0.2, 0.25) is 5.88 Å². The van der Waals surface area contributed by atoms with E-state index in [9.17, 15) is 8.42 Å². The monoisotopic (exact) mass is 305 g/mol. The summed E-state index contributed by atoms with van der Waals surface area (Å²) in [6, 6.07) is 9.34. The Morgan fingerprint density at radius 2 is 2.00 bits per heavy atom. The largest absolute Gasteiger partial charge is 0.439 e. The number of amidine groups is 1. The maximum absolute atomic E-state index is 11.5. The number of nitrogens with one attached hydrogen (secondary N) is 1. The van der Waals surface area contributed by atoms with Crippen LogP contribution in [0.15, 0.2) is 41.3 Å². The first-order valence-electron chi connectivity index (χ1n) is 6.07. The number of aryl methyl sites for hydroxylation is 1. The Hall–Kier alpha value is -2.41. The molecule has 1 heterocycles. The minimum absolute atomic E-state index is 0.0877. The second-order valence-corrected chi connectivity index (χ2v) is 6.61. The summed E-state index contributed by atoms with van der Waals surface area (Å²) in [5, 5.41) is 7.44. The van der Waals surface area contributed by atoms with Crippen molar-refractivity contribution in [2.24, 2.45) is 5.73 Å². The van der Waals surface area contributed by atoms with E-state index in [1.165, 1.54) is 18.2 Å². The van der Waals surface area contributed by atoms with Gasteiger partial charge in [-0.25, -0.2) is 13.4 Å². The van der Waals surface area contributed by atoms with Crippen LogP contribution in [0.2, 0.25) is 0 Å². The topological polar surface area (TPSA) is 106 Å².